The van der Waals surface area contributed by atoms with Crippen LogP contribution in [0.15, 0.2) is 5.16 Å². The van der Waals surface area contributed by atoms with Crippen LogP contribution in [0, 0.1) is 0 Å². The van der Waals surface area contributed by atoms with Crippen LogP contribution in [-0.4, -0.2) is 49.6 Å². The van der Waals surface area contributed by atoms with Crippen molar-refractivity contribution in [2.45, 2.75) is 49.9 Å². The van der Waals surface area contributed by atoms with E-state index in [1.165, 1.54) is 11.0 Å². The number of hydrogen-bond donors (Lipinski definition) is 0. The van der Waals surface area contributed by atoms with Gasteiger partial charge in [0.25, 0.3) is 14.2 Å². The van der Waals surface area contributed by atoms with E-state index in [1.807, 2.05) is 0 Å². The first kappa shape index (κ1) is 16.7. The first-order chi connectivity index (χ1) is 10.0. The van der Waals surface area contributed by atoms with Crippen molar-refractivity contribution in [2.75, 3.05) is 20.3 Å². The maximum absolute atomic E-state index is 11.5. The Hall–Kier alpha value is -0.700. The Bertz CT molecular complexity index is 555. The number of aryl methyl sites for hydroxylation is 1. The maximum Gasteiger partial charge on any atom is 0.296 e. The second kappa shape index (κ2) is 7.53. The predicted molar refractivity (Wildman–Crippen MR) is 76.8 cm³/mol. The number of ether oxygens (including phenoxy) is 2. The highest BCUT2D eigenvalue weighted by Crippen LogP contribution is 2.19. The molecule has 9 heteroatoms. The highest BCUT2D eigenvalue weighted by molar-refractivity contribution is 8.13. The van der Waals surface area contributed by atoms with Crippen LogP contribution in [0.4, 0.5) is 0 Å². The lowest BCUT2D eigenvalue weighted by molar-refractivity contribution is 0.0110. The van der Waals surface area contributed by atoms with E-state index in [0.717, 1.165) is 25.9 Å². The third-order valence-electron chi connectivity index (χ3n) is 3.49. The van der Waals surface area contributed by atoms with E-state index >= 15 is 0 Å². The third kappa shape index (κ3) is 4.64. The Labute approximate surface area is 129 Å². The first-order valence-electron chi connectivity index (χ1n) is 6.99. The van der Waals surface area contributed by atoms with Crippen LogP contribution < -0.4 is 0 Å². The summed E-state index contributed by atoms with van der Waals surface area (Å²) in [5.41, 5.74) is 0. The van der Waals surface area contributed by atoms with Crippen molar-refractivity contribution in [1.29, 1.82) is 0 Å². The Morgan fingerprint density at radius 2 is 2.24 bits per heavy atom. The third-order valence-corrected chi connectivity index (χ3v) is 4.65. The molecule has 0 spiro atoms. The van der Waals surface area contributed by atoms with Gasteiger partial charge in [-0.2, -0.15) is 0 Å². The minimum atomic E-state index is -3.91. The zero-order valence-electron chi connectivity index (χ0n) is 12.0. The van der Waals surface area contributed by atoms with E-state index < -0.39 is 9.05 Å². The van der Waals surface area contributed by atoms with Crippen LogP contribution in [-0.2, 0) is 31.5 Å². The van der Waals surface area contributed by atoms with Gasteiger partial charge in [-0.25, -0.2) is 8.42 Å². The van der Waals surface area contributed by atoms with Gasteiger partial charge in [-0.3, -0.25) is 4.57 Å². The van der Waals surface area contributed by atoms with Crippen LogP contribution >= 0.6 is 10.7 Å². The van der Waals surface area contributed by atoms with Crippen molar-refractivity contribution in [3.63, 3.8) is 0 Å². The number of hydrogen-bond acceptors (Lipinski definition) is 6. The number of halogens is 1. The smallest absolute Gasteiger partial charge is 0.296 e. The minimum Gasteiger partial charge on any atom is -0.383 e. The minimum absolute atomic E-state index is 0.211. The summed E-state index contributed by atoms with van der Waals surface area (Å²) in [6, 6.07) is 0. The topological polar surface area (TPSA) is 83.3 Å². The van der Waals surface area contributed by atoms with E-state index in [4.69, 9.17) is 20.2 Å². The molecule has 1 fully saturated rings. The van der Waals surface area contributed by atoms with E-state index in [0.29, 0.717) is 25.4 Å². The summed E-state index contributed by atoms with van der Waals surface area (Å²) in [5, 5.41) is 7.44. The monoisotopic (exact) mass is 337 g/mol. The molecule has 21 heavy (non-hydrogen) atoms. The molecule has 1 saturated heterocycles. The fourth-order valence-electron chi connectivity index (χ4n) is 2.42. The molecular weight excluding hydrogens is 318 g/mol. The van der Waals surface area contributed by atoms with Gasteiger partial charge in [0.2, 0.25) is 0 Å². The maximum atomic E-state index is 11.5. The van der Waals surface area contributed by atoms with Crippen LogP contribution in [0.2, 0.25) is 0 Å². The van der Waals surface area contributed by atoms with Crippen LogP contribution in [0.3, 0.4) is 0 Å². The van der Waals surface area contributed by atoms with Crippen molar-refractivity contribution in [1.82, 2.24) is 14.8 Å². The molecule has 1 unspecified atom stereocenters. The van der Waals surface area contributed by atoms with Gasteiger partial charge in [-0.05, 0) is 25.7 Å². The van der Waals surface area contributed by atoms with Gasteiger partial charge in [-0.1, -0.05) is 0 Å². The molecule has 0 N–H and O–H groups in total. The van der Waals surface area contributed by atoms with Crippen LogP contribution in [0.1, 0.15) is 31.5 Å². The van der Waals surface area contributed by atoms with Crippen molar-refractivity contribution in [3.05, 3.63) is 5.82 Å². The lowest BCUT2D eigenvalue weighted by Crippen LogP contribution is -2.21. The summed E-state index contributed by atoms with van der Waals surface area (Å²) >= 11 is 0. The van der Waals surface area contributed by atoms with Crippen molar-refractivity contribution >= 4 is 19.7 Å². The molecule has 120 valence electrons. The van der Waals surface area contributed by atoms with Gasteiger partial charge >= 0.3 is 0 Å². The quantitative estimate of drug-likeness (QED) is 0.698. The molecule has 1 aromatic heterocycles. The average molecular weight is 338 g/mol. The van der Waals surface area contributed by atoms with Gasteiger partial charge in [0.15, 0.2) is 0 Å². The highest BCUT2D eigenvalue weighted by Gasteiger charge is 2.23. The van der Waals surface area contributed by atoms with E-state index in [-0.39, 0.29) is 11.3 Å². The van der Waals surface area contributed by atoms with E-state index in [9.17, 15) is 8.42 Å². The summed E-state index contributed by atoms with van der Waals surface area (Å²) in [5.74, 6) is 0.598. The zero-order chi connectivity index (χ0) is 15.3. The highest BCUT2D eigenvalue weighted by atomic mass is 35.7. The Kier molecular flexibility index (Phi) is 5.98. The Morgan fingerprint density at radius 3 is 2.86 bits per heavy atom. The van der Waals surface area contributed by atoms with Crippen molar-refractivity contribution in [2.24, 2.45) is 0 Å². The molecule has 2 rings (SSSR count). The van der Waals surface area contributed by atoms with Gasteiger partial charge in [0.1, 0.15) is 5.82 Å². The summed E-state index contributed by atoms with van der Waals surface area (Å²) in [6.45, 7) is 1.51. The largest absolute Gasteiger partial charge is 0.383 e. The van der Waals surface area contributed by atoms with E-state index in [1.54, 1.807) is 7.11 Å². The lowest BCUT2D eigenvalue weighted by Gasteiger charge is -2.22. The Morgan fingerprint density at radius 1 is 1.43 bits per heavy atom. The van der Waals surface area contributed by atoms with Crippen LogP contribution in [0.5, 0.6) is 0 Å². The van der Waals surface area contributed by atoms with Gasteiger partial charge in [-0.15, -0.1) is 10.2 Å². The standard InChI is InChI=1S/C12H20ClN3O4S/c1-19-9-7-16-11(14-15-12(16)21(13,17)18)6-5-10-4-2-3-8-20-10/h10H,2-9H2,1H3. The molecular formula is C12H20ClN3O4S. The van der Waals surface area contributed by atoms with Crippen LogP contribution in [0.25, 0.3) is 0 Å². The number of nitrogens with zero attached hydrogens (tertiary/aromatic N) is 3. The summed E-state index contributed by atoms with van der Waals surface area (Å²) in [7, 11) is 3.03. The van der Waals surface area contributed by atoms with Crippen molar-refractivity contribution in [3.8, 4) is 0 Å². The lowest BCUT2D eigenvalue weighted by atomic mass is 10.0. The second-order valence-corrected chi connectivity index (χ2v) is 7.47. The molecule has 1 aliphatic heterocycles. The Balaban J connectivity index is 2.08. The van der Waals surface area contributed by atoms with Gasteiger partial charge in [0, 0.05) is 37.4 Å². The second-order valence-electron chi connectivity index (χ2n) is 5.01. The molecule has 2 heterocycles. The van der Waals surface area contributed by atoms with Gasteiger partial charge < -0.3 is 9.47 Å². The van der Waals surface area contributed by atoms with E-state index in [2.05, 4.69) is 10.2 Å². The summed E-state index contributed by atoms with van der Waals surface area (Å²) in [6.07, 6.45) is 4.92. The molecule has 0 radical (unpaired) electrons. The molecule has 0 saturated carbocycles. The molecule has 0 aliphatic carbocycles. The first-order valence-corrected chi connectivity index (χ1v) is 9.30. The molecule has 0 aromatic carbocycles. The molecule has 1 aromatic rings. The van der Waals surface area contributed by atoms with Gasteiger partial charge in [0.05, 0.1) is 12.7 Å². The summed E-state index contributed by atoms with van der Waals surface area (Å²) in [4.78, 5) is 0. The fraction of sp³-hybridized carbons (Fsp3) is 0.833. The molecule has 1 atom stereocenters. The molecule has 0 bridgehead atoms. The zero-order valence-corrected chi connectivity index (χ0v) is 13.6. The number of aromatic nitrogens is 3. The molecule has 0 amide bonds. The summed E-state index contributed by atoms with van der Waals surface area (Å²) < 4.78 is 35.2. The van der Waals surface area contributed by atoms with Crippen molar-refractivity contribution < 1.29 is 17.9 Å². The number of methoxy groups -OCH3 is 1. The SMILES string of the molecule is COCCn1c(CCC2CCCCO2)nnc1S(=O)(=O)Cl. The molecule has 7 nitrogen and oxygen atoms in total. The molecule has 1 aliphatic rings. The normalized spacial score (nSPS) is 19.8. The fourth-order valence-corrected chi connectivity index (χ4v) is 3.36. The number of rotatable bonds is 7. The predicted octanol–water partition coefficient (Wildman–Crippen LogP) is 1.35. The average Bonchev–Trinajstić information content (AvgIpc) is 2.87.